The summed E-state index contributed by atoms with van der Waals surface area (Å²) in [6.45, 7) is 2.76. The van der Waals surface area contributed by atoms with Crippen molar-refractivity contribution in [2.45, 2.75) is 109 Å². The second-order valence-electron chi connectivity index (χ2n) is 20.5. The number of rotatable bonds is 11. The molecule has 11 nitrogen and oxygen atoms in total. The molecule has 0 spiro atoms. The Labute approximate surface area is 454 Å². The molecule has 3 aliphatic rings. The topological polar surface area (TPSA) is 145 Å². The van der Waals surface area contributed by atoms with Gasteiger partial charge in [-0.05, 0) is 161 Å². The van der Waals surface area contributed by atoms with Crippen molar-refractivity contribution in [3.8, 4) is 11.5 Å². The van der Waals surface area contributed by atoms with E-state index in [0.29, 0.717) is 40.9 Å². The zero-order chi connectivity index (χ0) is 55.7. The van der Waals surface area contributed by atoms with E-state index in [-0.39, 0.29) is 22.9 Å². The van der Waals surface area contributed by atoms with E-state index >= 15 is 0 Å². The van der Waals surface area contributed by atoms with E-state index in [0.717, 1.165) is 97.8 Å². The smallest absolute Gasteiger partial charge is 0.416 e. The van der Waals surface area contributed by atoms with Gasteiger partial charge in [-0.1, -0.05) is 60.7 Å². The molecule has 3 N–H and O–H groups in total. The van der Waals surface area contributed by atoms with E-state index in [1.165, 1.54) is 83.4 Å². The third kappa shape index (κ3) is 10.5. The van der Waals surface area contributed by atoms with E-state index in [2.05, 4.69) is 52.5 Å². The van der Waals surface area contributed by atoms with Crippen molar-refractivity contribution < 1.29 is 56.7 Å². The van der Waals surface area contributed by atoms with Gasteiger partial charge in [0.2, 0.25) is 0 Å². The fourth-order valence-electron chi connectivity index (χ4n) is 12.5. The summed E-state index contributed by atoms with van der Waals surface area (Å²) in [5.74, 6) is -2.79. The molecule has 1 atom stereocenters. The van der Waals surface area contributed by atoms with Gasteiger partial charge in [-0.3, -0.25) is 0 Å². The minimum atomic E-state index is -4.38. The van der Waals surface area contributed by atoms with Gasteiger partial charge in [0.1, 0.15) is 17.3 Å². The molecule has 6 aromatic carbocycles. The minimum Gasteiger partial charge on any atom is -0.496 e. The molecule has 9 aromatic rings. The summed E-state index contributed by atoms with van der Waals surface area (Å²) in [5, 5.41) is 31.9. The van der Waals surface area contributed by atoms with Crippen LogP contribution in [0.4, 0.5) is 17.6 Å². The summed E-state index contributed by atoms with van der Waals surface area (Å²) in [6, 6.07) is 34.7. The number of carboxylic acids is 3. The van der Waals surface area contributed by atoms with E-state index in [4.69, 9.17) is 9.47 Å². The Morgan fingerprint density at radius 2 is 1.04 bits per heavy atom. The van der Waals surface area contributed by atoms with E-state index < -0.39 is 35.5 Å². The van der Waals surface area contributed by atoms with Crippen molar-refractivity contribution in [3.05, 3.63) is 200 Å². The molecule has 3 aromatic heterocycles. The van der Waals surface area contributed by atoms with Crippen molar-refractivity contribution in [1.82, 2.24) is 13.7 Å². The number of fused-ring (bicyclic) bond motifs is 9. The summed E-state index contributed by atoms with van der Waals surface area (Å²) >= 11 is 0. The molecule has 3 aliphatic carbocycles. The highest BCUT2D eigenvalue weighted by molar-refractivity contribution is 5.93. The summed E-state index contributed by atoms with van der Waals surface area (Å²) in [4.78, 5) is 35.1. The number of aryl methyl sites for hydroxylation is 3. The number of benzene rings is 6. The average molecular weight is 1080 g/mol. The summed E-state index contributed by atoms with van der Waals surface area (Å²) < 4.78 is 70.7. The van der Waals surface area contributed by atoms with Crippen molar-refractivity contribution in [2.75, 3.05) is 14.2 Å². The van der Waals surface area contributed by atoms with Crippen LogP contribution in [0.25, 0.3) is 32.7 Å². The quantitative estimate of drug-likeness (QED) is 0.109. The maximum atomic E-state index is 13.8. The first-order chi connectivity index (χ1) is 38.1. The van der Waals surface area contributed by atoms with Gasteiger partial charge in [-0.25, -0.2) is 18.8 Å². The van der Waals surface area contributed by atoms with Gasteiger partial charge in [0.25, 0.3) is 0 Å². The van der Waals surface area contributed by atoms with Crippen molar-refractivity contribution >= 4 is 50.6 Å². The lowest BCUT2D eigenvalue weighted by atomic mass is 9.95. The number of halogens is 4. The molecular weight excluding hydrogens is 1010 g/mol. The molecule has 0 bridgehead atoms. The second kappa shape index (κ2) is 22.6. The monoisotopic (exact) mass is 1080 g/mol. The third-order valence-electron chi connectivity index (χ3n) is 16.0. The predicted molar refractivity (Wildman–Crippen MR) is 296 cm³/mol. The maximum absolute atomic E-state index is 13.8. The Bertz CT molecular complexity index is 3810. The number of hydrogen-bond acceptors (Lipinski definition) is 5. The van der Waals surface area contributed by atoms with Crippen LogP contribution in [0.5, 0.6) is 11.5 Å². The van der Waals surface area contributed by atoms with Crippen molar-refractivity contribution in [3.63, 3.8) is 0 Å². The predicted octanol–water partition coefficient (Wildman–Crippen LogP) is 14.5. The fourth-order valence-corrected chi connectivity index (χ4v) is 12.5. The number of hydrogen-bond donors (Lipinski definition) is 3. The van der Waals surface area contributed by atoms with Gasteiger partial charge in [-0.2, -0.15) is 13.2 Å². The molecule has 15 heteroatoms. The zero-order valence-electron chi connectivity index (χ0n) is 44.3. The lowest BCUT2D eigenvalue weighted by molar-refractivity contribution is -0.137. The first kappa shape index (κ1) is 54.0. The van der Waals surface area contributed by atoms with E-state index in [1.54, 1.807) is 43.5 Å². The van der Waals surface area contributed by atoms with Gasteiger partial charge >= 0.3 is 24.1 Å². The van der Waals surface area contributed by atoms with Crippen LogP contribution in [0.2, 0.25) is 0 Å². The zero-order valence-corrected chi connectivity index (χ0v) is 44.3. The lowest BCUT2D eigenvalue weighted by Gasteiger charge is -2.24. The lowest BCUT2D eigenvalue weighted by Crippen LogP contribution is -2.17. The number of aromatic carboxylic acids is 3. The Morgan fingerprint density at radius 3 is 1.66 bits per heavy atom. The second-order valence-corrected chi connectivity index (χ2v) is 20.5. The highest BCUT2D eigenvalue weighted by atomic mass is 19.4. The first-order valence-electron chi connectivity index (χ1n) is 26.8. The van der Waals surface area contributed by atoms with Crippen LogP contribution in [0.1, 0.15) is 139 Å². The Balaban J connectivity index is 0.000000134. The standard InChI is InChI=1S/C22H23NO3.C21H18F3NO2.C21H20FNO3/c1-14(21-17(22(24)25)10-7-13-20(21)26-2)23-18-11-5-3-8-15(18)16-9-4-6-12-19(16)23;22-21(23,24)14-9-10-19-17(11-14)16-7-3-4-8-18(16)25(19)12-13-5-1-2-6-15(13)20(26)27;1-26-20-11-13(22)10-16(21(24)25)17(20)12-23-18-8-4-2-6-14(18)15-7-3-5-9-19(15)23/h3,5,7-8,10-11,13-14H,4,6,9,12H2,1-2H3,(H,24,25);1-2,5-6,9-11H,3-4,7-8,12H2,(H,26,27);2,4,6,8,10-11H,3,5,7,9,12H2,1H3,(H,24,25). The van der Waals surface area contributed by atoms with Crippen LogP contribution in [0, 0.1) is 5.82 Å². The number of carboxylic acid groups (broad SMARTS) is 3. The molecular formula is C64H61F4N3O8. The highest BCUT2D eigenvalue weighted by Crippen LogP contribution is 2.41. The summed E-state index contributed by atoms with van der Waals surface area (Å²) in [6.07, 6.45) is 7.90. The van der Waals surface area contributed by atoms with Crippen molar-refractivity contribution in [1.29, 1.82) is 0 Å². The first-order valence-corrected chi connectivity index (χ1v) is 26.8. The fraction of sp³-hybridized carbons (Fsp3) is 0.297. The molecule has 3 heterocycles. The summed E-state index contributed by atoms with van der Waals surface area (Å²) in [5.41, 5.74) is 12.0. The number of para-hydroxylation sites is 2. The van der Waals surface area contributed by atoms with E-state index in [1.807, 2.05) is 22.8 Å². The number of carbonyl (C=O) groups is 3. The number of ether oxygens (including phenoxy) is 2. The van der Waals surface area contributed by atoms with Gasteiger partial charge in [0.15, 0.2) is 0 Å². The minimum absolute atomic E-state index is 0.0517. The largest absolute Gasteiger partial charge is 0.496 e. The van der Waals surface area contributed by atoms with Gasteiger partial charge < -0.3 is 38.5 Å². The van der Waals surface area contributed by atoms with Gasteiger partial charge in [0, 0.05) is 73.5 Å². The molecule has 0 fully saturated rings. The molecule has 0 aliphatic heterocycles. The normalized spacial score (nSPS) is 14.3. The molecule has 0 saturated carbocycles. The Hall–Kier alpha value is -8.33. The van der Waals surface area contributed by atoms with Crippen LogP contribution < -0.4 is 9.47 Å². The van der Waals surface area contributed by atoms with Gasteiger partial charge in [0.05, 0.1) is 49.1 Å². The Morgan fingerprint density at radius 1 is 0.532 bits per heavy atom. The Kier molecular flexibility index (Phi) is 15.4. The summed E-state index contributed by atoms with van der Waals surface area (Å²) in [7, 11) is 3.04. The SMILES string of the molecule is COc1cc(F)cc(C(=O)O)c1Cn1c2c(c3ccccc31)CCCC2.COc1cccc(C(=O)O)c1C(C)n1c2c(c3ccccc31)CCCC2.O=C(O)c1ccccc1Cn1c2c(c3cc(C(F)(F)F)ccc31)CCCC2. The number of nitrogens with zero attached hydrogens (tertiary/aromatic N) is 3. The average Bonchev–Trinajstić information content (AvgIpc) is 4.26. The highest BCUT2D eigenvalue weighted by Gasteiger charge is 2.33. The van der Waals surface area contributed by atoms with E-state index in [9.17, 15) is 47.3 Å². The van der Waals surface area contributed by atoms with Crippen molar-refractivity contribution in [2.24, 2.45) is 0 Å². The number of methoxy groups -OCH3 is 2. The molecule has 79 heavy (non-hydrogen) atoms. The maximum Gasteiger partial charge on any atom is 0.416 e. The van der Waals surface area contributed by atoms with Crippen LogP contribution in [-0.4, -0.2) is 61.1 Å². The molecule has 408 valence electrons. The molecule has 12 rings (SSSR count). The third-order valence-corrected chi connectivity index (χ3v) is 16.0. The van der Waals surface area contributed by atoms with Crippen LogP contribution >= 0.6 is 0 Å². The van der Waals surface area contributed by atoms with Crippen LogP contribution in [0.3, 0.4) is 0 Å². The molecule has 0 amide bonds. The molecule has 0 radical (unpaired) electrons. The van der Waals surface area contributed by atoms with Gasteiger partial charge in [-0.15, -0.1) is 0 Å². The molecule has 0 saturated heterocycles. The van der Waals surface area contributed by atoms with Crippen LogP contribution in [0.15, 0.2) is 121 Å². The molecule has 1 unspecified atom stereocenters. The number of alkyl halides is 3. The number of aromatic nitrogens is 3. The van der Waals surface area contributed by atoms with Crippen LogP contribution in [-0.2, 0) is 57.8 Å².